The quantitative estimate of drug-likeness (QED) is 0.459. The van der Waals surface area contributed by atoms with Crippen LogP contribution in [0.2, 0.25) is 0 Å². The molecule has 0 bridgehead atoms. The Morgan fingerprint density at radius 1 is 1.14 bits per heavy atom. The maximum absolute atomic E-state index is 12.5. The minimum atomic E-state index is -0.476. The Kier molecular flexibility index (Phi) is 6.92. The molecule has 2 aromatic rings. The summed E-state index contributed by atoms with van der Waals surface area (Å²) >= 11 is 6.59. The van der Waals surface area contributed by atoms with Crippen molar-refractivity contribution in [2.45, 2.75) is 13.8 Å². The zero-order valence-electron chi connectivity index (χ0n) is 16.2. The monoisotopic (exact) mass is 524 g/mol. The van der Waals surface area contributed by atoms with Gasteiger partial charge in [-0.05, 0) is 62.9 Å². The molecule has 154 valence electrons. The van der Waals surface area contributed by atoms with E-state index < -0.39 is 4.92 Å². The number of anilines is 2. The van der Waals surface area contributed by atoms with Gasteiger partial charge in [-0.3, -0.25) is 19.8 Å². The molecule has 7 nitrogen and oxygen atoms in total. The van der Waals surface area contributed by atoms with E-state index in [1.165, 1.54) is 28.9 Å². The van der Waals surface area contributed by atoms with Gasteiger partial charge in [-0.2, -0.15) is 0 Å². The van der Waals surface area contributed by atoms with Crippen molar-refractivity contribution < 1.29 is 9.72 Å². The number of amides is 1. The average Bonchev–Trinajstić information content (AvgIpc) is 2.67. The highest BCUT2D eigenvalue weighted by molar-refractivity contribution is 9.11. The Morgan fingerprint density at radius 3 is 2.34 bits per heavy atom. The van der Waals surface area contributed by atoms with E-state index in [0.29, 0.717) is 14.6 Å². The highest BCUT2D eigenvalue weighted by Crippen LogP contribution is 2.35. The molecule has 1 aliphatic heterocycles. The molecule has 0 spiro atoms. The summed E-state index contributed by atoms with van der Waals surface area (Å²) in [5.74, 6) is -0.152. The first kappa shape index (κ1) is 21.7. The molecule has 1 aliphatic rings. The van der Waals surface area contributed by atoms with Crippen LogP contribution in [0.5, 0.6) is 0 Å². The van der Waals surface area contributed by atoms with Gasteiger partial charge in [0.15, 0.2) is 0 Å². The van der Waals surface area contributed by atoms with Crippen LogP contribution in [0.3, 0.4) is 0 Å². The van der Waals surface area contributed by atoms with Crippen LogP contribution >= 0.6 is 31.9 Å². The Labute approximate surface area is 186 Å². The molecule has 1 N–H and O–H groups in total. The van der Waals surface area contributed by atoms with E-state index in [0.717, 1.165) is 26.2 Å². The Balaban J connectivity index is 1.58. The van der Waals surface area contributed by atoms with Gasteiger partial charge in [-0.25, -0.2) is 0 Å². The lowest BCUT2D eigenvalue weighted by molar-refractivity contribution is -0.385. The molecular weight excluding hydrogens is 504 g/mol. The Morgan fingerprint density at radius 2 is 1.76 bits per heavy atom. The first-order chi connectivity index (χ1) is 13.8. The van der Waals surface area contributed by atoms with Crippen LogP contribution in [0.25, 0.3) is 0 Å². The molecule has 1 amide bonds. The van der Waals surface area contributed by atoms with Crippen molar-refractivity contribution in [1.82, 2.24) is 4.90 Å². The molecule has 1 heterocycles. The van der Waals surface area contributed by atoms with Crippen molar-refractivity contribution in [3.8, 4) is 0 Å². The number of nitro benzene ring substituents is 1. The van der Waals surface area contributed by atoms with E-state index in [-0.39, 0.29) is 18.1 Å². The minimum absolute atomic E-state index is 0.0516. The second-order valence-electron chi connectivity index (χ2n) is 7.07. The molecular formula is C20H22Br2N4O3. The normalized spacial score (nSPS) is 14.7. The number of rotatable bonds is 5. The summed E-state index contributed by atoms with van der Waals surface area (Å²) in [6, 6.07) is 9.10. The first-order valence-corrected chi connectivity index (χ1v) is 10.8. The number of hydrogen-bond acceptors (Lipinski definition) is 5. The maximum Gasteiger partial charge on any atom is 0.271 e. The van der Waals surface area contributed by atoms with E-state index in [9.17, 15) is 14.9 Å². The fraction of sp³-hybridized carbons (Fsp3) is 0.350. The van der Waals surface area contributed by atoms with Crippen LogP contribution in [-0.4, -0.2) is 48.5 Å². The van der Waals surface area contributed by atoms with Crippen molar-refractivity contribution in [3.05, 3.63) is 60.5 Å². The summed E-state index contributed by atoms with van der Waals surface area (Å²) < 4.78 is 0.929. The molecule has 0 aromatic heterocycles. The second kappa shape index (κ2) is 9.23. The molecule has 0 unspecified atom stereocenters. The van der Waals surface area contributed by atoms with Crippen LogP contribution in [0.1, 0.15) is 11.1 Å². The largest absolute Gasteiger partial charge is 0.369 e. The Hall–Kier alpha value is -1.97. The number of carbonyl (C=O) groups is 1. The van der Waals surface area contributed by atoms with Crippen LogP contribution in [0.4, 0.5) is 17.1 Å². The number of nitrogens with zero attached hydrogens (tertiary/aromatic N) is 3. The van der Waals surface area contributed by atoms with E-state index in [2.05, 4.69) is 79.0 Å². The lowest BCUT2D eigenvalue weighted by Crippen LogP contribution is -2.48. The predicted molar refractivity (Wildman–Crippen MR) is 122 cm³/mol. The smallest absolute Gasteiger partial charge is 0.271 e. The zero-order valence-corrected chi connectivity index (χ0v) is 19.4. The number of nitrogens with one attached hydrogen (secondary N) is 1. The van der Waals surface area contributed by atoms with Crippen molar-refractivity contribution in [2.24, 2.45) is 0 Å². The fourth-order valence-electron chi connectivity index (χ4n) is 3.39. The van der Waals surface area contributed by atoms with Crippen LogP contribution in [0, 0.1) is 24.0 Å². The van der Waals surface area contributed by atoms with Crippen molar-refractivity contribution in [2.75, 3.05) is 42.9 Å². The molecule has 0 atom stereocenters. The first-order valence-electron chi connectivity index (χ1n) is 9.23. The third-order valence-electron chi connectivity index (χ3n) is 5.16. The fourth-order valence-corrected chi connectivity index (χ4v) is 4.75. The molecule has 29 heavy (non-hydrogen) atoms. The number of hydrogen-bond donors (Lipinski definition) is 1. The van der Waals surface area contributed by atoms with Gasteiger partial charge < -0.3 is 10.2 Å². The summed E-state index contributed by atoms with van der Waals surface area (Å²) in [5.41, 5.74) is 4.28. The third-order valence-corrected chi connectivity index (χ3v) is 6.41. The van der Waals surface area contributed by atoms with Gasteiger partial charge in [0.1, 0.15) is 0 Å². The van der Waals surface area contributed by atoms with E-state index >= 15 is 0 Å². The molecule has 1 fully saturated rings. The van der Waals surface area contributed by atoms with Gasteiger partial charge in [-0.15, -0.1) is 0 Å². The van der Waals surface area contributed by atoms with Gasteiger partial charge in [0, 0.05) is 52.9 Å². The standard InChI is InChI=1S/C20H22Br2N4O3/c1-13-4-3-5-18(14(13)2)25-8-6-24(7-9-25)12-19(27)23-20-16(21)10-15(26(28)29)11-17(20)22/h3-5,10-11H,6-9,12H2,1-2H3,(H,23,27). The van der Waals surface area contributed by atoms with Gasteiger partial charge in [0.05, 0.1) is 17.2 Å². The lowest BCUT2D eigenvalue weighted by atomic mass is 10.1. The van der Waals surface area contributed by atoms with Crippen molar-refractivity contribution in [1.29, 1.82) is 0 Å². The molecule has 9 heteroatoms. The number of aryl methyl sites for hydroxylation is 1. The second-order valence-corrected chi connectivity index (χ2v) is 8.78. The number of carbonyl (C=O) groups excluding carboxylic acids is 1. The van der Waals surface area contributed by atoms with Crippen LogP contribution < -0.4 is 10.2 Å². The summed E-state index contributed by atoms with van der Waals surface area (Å²) in [4.78, 5) is 27.4. The zero-order chi connectivity index (χ0) is 21.1. The highest BCUT2D eigenvalue weighted by atomic mass is 79.9. The molecule has 0 radical (unpaired) electrons. The lowest BCUT2D eigenvalue weighted by Gasteiger charge is -2.36. The topological polar surface area (TPSA) is 78.7 Å². The summed E-state index contributed by atoms with van der Waals surface area (Å²) in [5, 5.41) is 13.8. The number of nitro groups is 1. The summed E-state index contributed by atoms with van der Waals surface area (Å²) in [6.07, 6.45) is 0. The molecule has 2 aromatic carbocycles. The number of benzene rings is 2. The predicted octanol–water partition coefficient (Wildman–Crippen LogP) is 4.50. The van der Waals surface area contributed by atoms with E-state index in [1.807, 2.05) is 0 Å². The summed E-state index contributed by atoms with van der Waals surface area (Å²) in [6.45, 7) is 7.85. The van der Waals surface area contributed by atoms with Crippen molar-refractivity contribution >= 4 is 54.8 Å². The van der Waals surface area contributed by atoms with Gasteiger partial charge >= 0.3 is 0 Å². The molecule has 0 saturated carbocycles. The number of halogens is 2. The highest BCUT2D eigenvalue weighted by Gasteiger charge is 2.22. The van der Waals surface area contributed by atoms with Crippen LogP contribution in [-0.2, 0) is 4.79 Å². The molecule has 3 rings (SSSR count). The third kappa shape index (κ3) is 5.15. The van der Waals surface area contributed by atoms with E-state index in [4.69, 9.17) is 0 Å². The van der Waals surface area contributed by atoms with Gasteiger partial charge in [-0.1, -0.05) is 12.1 Å². The van der Waals surface area contributed by atoms with Crippen LogP contribution in [0.15, 0.2) is 39.3 Å². The van der Waals surface area contributed by atoms with Crippen molar-refractivity contribution in [3.63, 3.8) is 0 Å². The number of piperazine rings is 1. The number of non-ortho nitro benzene ring substituents is 1. The Bertz CT molecular complexity index is 920. The van der Waals surface area contributed by atoms with Gasteiger partial charge in [0.25, 0.3) is 5.69 Å². The average molecular weight is 526 g/mol. The molecule has 1 saturated heterocycles. The molecule has 0 aliphatic carbocycles. The van der Waals surface area contributed by atoms with E-state index in [1.54, 1.807) is 0 Å². The minimum Gasteiger partial charge on any atom is -0.369 e. The maximum atomic E-state index is 12.5. The summed E-state index contributed by atoms with van der Waals surface area (Å²) in [7, 11) is 0. The SMILES string of the molecule is Cc1cccc(N2CCN(CC(=O)Nc3c(Br)cc([N+](=O)[O-])cc3Br)CC2)c1C. The van der Waals surface area contributed by atoms with Gasteiger partial charge in [0.2, 0.25) is 5.91 Å².